The van der Waals surface area contributed by atoms with Gasteiger partial charge in [-0.3, -0.25) is 0 Å². The molecule has 1 aliphatic rings. The van der Waals surface area contributed by atoms with Crippen LogP contribution in [0, 0.1) is 0 Å². The molecule has 1 aliphatic heterocycles. The van der Waals surface area contributed by atoms with E-state index < -0.39 is 69.5 Å². The smallest absolute Gasteiger partial charge is 0.416 e. The maximum absolute atomic E-state index is 7.31. The Hall–Kier alpha value is 1.10. The molecule has 0 N–H and O–H groups in total. The normalized spacial score (nSPS) is 28.0. The predicted octanol–water partition coefficient (Wildman–Crippen LogP) is 3.87. The quantitative estimate of drug-likeness (QED) is 0.130. The predicted molar refractivity (Wildman–Crippen MR) is 196 cm³/mol. The zero-order chi connectivity index (χ0) is 37.0. The molecule has 1 saturated heterocycles. The summed E-state index contributed by atoms with van der Waals surface area (Å²) in [5, 5.41) is 0. The van der Waals surface area contributed by atoms with E-state index in [4.69, 9.17) is 69.6 Å². The van der Waals surface area contributed by atoms with Gasteiger partial charge < -0.3 is 69.6 Å². The van der Waals surface area contributed by atoms with Crippen LogP contribution in [0.5, 0.6) is 0 Å². The average Bonchev–Trinajstić information content (AvgIpc) is 3.07. The minimum absolute atomic E-state index is 0.478. The molecule has 0 unspecified atom stereocenters. The highest BCUT2D eigenvalue weighted by Crippen LogP contribution is 2.42. The summed E-state index contributed by atoms with van der Waals surface area (Å²) in [6, 6.07) is 3.97. The summed E-state index contributed by atoms with van der Waals surface area (Å²) < 4.78 is 98.7. The summed E-state index contributed by atoms with van der Waals surface area (Å²) in [6.07, 6.45) is 0. The van der Waals surface area contributed by atoms with E-state index in [1.165, 1.54) is 0 Å². The van der Waals surface area contributed by atoms with Gasteiger partial charge in [-0.25, -0.2) is 0 Å². The van der Waals surface area contributed by atoms with Gasteiger partial charge in [0.05, 0.1) is 0 Å². The molecule has 1 heterocycles. The topological polar surface area (TPSA) is 148 Å². The van der Waals surface area contributed by atoms with Gasteiger partial charge in [-0.1, -0.05) is 0 Å². The third-order valence-corrected chi connectivity index (χ3v) is 40.4. The van der Waals surface area contributed by atoms with Gasteiger partial charge >= 0.3 is 69.5 Å². The third-order valence-electron chi connectivity index (χ3n) is 9.00. The Morgan fingerprint density at radius 2 is 0.417 bits per heavy atom. The van der Waals surface area contributed by atoms with Crippen LogP contribution < -0.4 is 0 Å². The Bertz CT molecular complexity index is 741. The highest BCUT2D eigenvalue weighted by atomic mass is 28.5. The number of hydrogen-bond acceptors (Lipinski definition) is 16. The lowest BCUT2D eigenvalue weighted by molar-refractivity contribution is 0.122. The average molecular weight is 833 g/mol. The fourth-order valence-corrected chi connectivity index (χ4v) is 42.7. The maximum Gasteiger partial charge on any atom is 0.500 e. The second-order valence-corrected chi connectivity index (χ2v) is 38.8. The molecule has 0 aromatic carbocycles. The van der Waals surface area contributed by atoms with Crippen molar-refractivity contribution in [2.24, 2.45) is 0 Å². The molecule has 0 amide bonds. The van der Waals surface area contributed by atoms with Crippen molar-refractivity contribution in [3.05, 3.63) is 0 Å². The van der Waals surface area contributed by atoms with E-state index in [1.807, 2.05) is 0 Å². The number of hydrogen-bond donors (Lipinski definition) is 0. The lowest BCUT2D eigenvalue weighted by Gasteiger charge is -2.51. The van der Waals surface area contributed by atoms with Crippen LogP contribution >= 0.6 is 0 Å². The van der Waals surface area contributed by atoms with Crippen LogP contribution in [-0.2, 0) is 69.6 Å². The molecule has 0 aromatic heterocycles. The van der Waals surface area contributed by atoms with Gasteiger partial charge in [0.2, 0.25) is 0 Å². The Balaban J connectivity index is 3.80. The summed E-state index contributed by atoms with van der Waals surface area (Å²) in [4.78, 5) is 0. The van der Waals surface area contributed by atoms with Crippen LogP contribution in [0.3, 0.4) is 0 Å². The van der Waals surface area contributed by atoms with Crippen LogP contribution in [-0.4, -0.2) is 155 Å². The molecule has 1 fully saturated rings. The van der Waals surface area contributed by atoms with Crippen LogP contribution in [0.2, 0.25) is 74.5 Å². The first-order valence-corrected chi connectivity index (χ1v) is 33.6. The van der Waals surface area contributed by atoms with Gasteiger partial charge in [0, 0.05) is 109 Å². The van der Waals surface area contributed by atoms with Gasteiger partial charge in [0.25, 0.3) is 0 Å². The van der Waals surface area contributed by atoms with Gasteiger partial charge in [0.15, 0.2) is 0 Å². The largest absolute Gasteiger partial charge is 0.500 e. The Morgan fingerprint density at radius 3 is 0.521 bits per heavy atom. The fraction of sp³-hybridized carbons (Fsp3) is 1.00. The molecule has 288 valence electrons. The SMILES string of the molecule is CO[Si](CC[Si]1(C)O[Si](C)(CC[Si](OC)(OC)OC)O[Si](C)(CC[Si](OC)(OC)OC)O[Si](C)(CC[Si](OC)(OC)OC)O1)(OC)OC. The minimum atomic E-state index is -3.13. The molecule has 16 nitrogen and oxygen atoms in total. The Labute approximate surface area is 297 Å². The van der Waals surface area contributed by atoms with Crippen molar-refractivity contribution in [3.63, 3.8) is 0 Å². The summed E-state index contributed by atoms with van der Waals surface area (Å²) in [5.41, 5.74) is 0. The van der Waals surface area contributed by atoms with Gasteiger partial charge in [0.1, 0.15) is 0 Å². The van der Waals surface area contributed by atoms with Crippen molar-refractivity contribution >= 4 is 69.5 Å². The van der Waals surface area contributed by atoms with E-state index in [9.17, 15) is 0 Å². The molecule has 48 heavy (non-hydrogen) atoms. The molecule has 0 spiro atoms. The van der Waals surface area contributed by atoms with Crippen LogP contribution in [0.25, 0.3) is 0 Å². The first-order chi connectivity index (χ1) is 22.4. The zero-order valence-corrected chi connectivity index (χ0v) is 40.2. The van der Waals surface area contributed by atoms with Crippen molar-refractivity contribution in [1.82, 2.24) is 0 Å². The second-order valence-electron chi connectivity index (χ2n) is 12.1. The Morgan fingerprint density at radius 1 is 0.292 bits per heavy atom. The van der Waals surface area contributed by atoms with E-state index in [-0.39, 0.29) is 0 Å². The maximum atomic E-state index is 7.31. The van der Waals surface area contributed by atoms with E-state index in [1.54, 1.807) is 85.3 Å². The van der Waals surface area contributed by atoms with Crippen molar-refractivity contribution < 1.29 is 69.6 Å². The standard InChI is InChI=1S/C24H64O16Si8/c1-25-45(26-2,27-3)21-17-41(13)37-42(14,18-22-46(28-4,29-5)30-6)39-44(16,20-24-48(34-10,35-11)36-12)40-43(15,38-41)19-23-47(31-7,32-8)33-9/h17-24H2,1-16H3. The molecule has 0 radical (unpaired) electrons. The Kier molecular flexibility index (Phi) is 19.6. The monoisotopic (exact) mass is 832 g/mol. The summed E-state index contributed by atoms with van der Waals surface area (Å²) >= 11 is 0. The summed E-state index contributed by atoms with van der Waals surface area (Å²) in [7, 11) is -5.29. The van der Waals surface area contributed by atoms with Crippen molar-refractivity contribution in [1.29, 1.82) is 0 Å². The molecular weight excluding hydrogens is 769 g/mol. The van der Waals surface area contributed by atoms with E-state index in [0.717, 1.165) is 0 Å². The molecule has 1 rings (SSSR count). The molecule has 24 heteroatoms. The van der Waals surface area contributed by atoms with Gasteiger partial charge in [-0.15, -0.1) is 0 Å². The number of rotatable bonds is 24. The van der Waals surface area contributed by atoms with E-state index >= 15 is 0 Å². The molecule has 0 bridgehead atoms. The molecule has 0 atom stereocenters. The van der Waals surface area contributed by atoms with Crippen molar-refractivity contribution in [2.45, 2.75) is 74.5 Å². The highest BCUT2D eigenvalue weighted by molar-refractivity contribution is 6.95. The molecular formula is C24H64O16Si8. The van der Waals surface area contributed by atoms with Gasteiger partial charge in [-0.2, -0.15) is 0 Å². The van der Waals surface area contributed by atoms with Crippen molar-refractivity contribution in [2.75, 3.05) is 85.3 Å². The van der Waals surface area contributed by atoms with E-state index in [0.29, 0.717) is 48.4 Å². The summed E-state index contributed by atoms with van der Waals surface area (Å²) in [6.45, 7) is 8.22. The molecule has 0 aromatic rings. The van der Waals surface area contributed by atoms with Crippen LogP contribution in [0.1, 0.15) is 0 Å². The first kappa shape index (κ1) is 47.1. The molecule has 0 saturated carbocycles. The van der Waals surface area contributed by atoms with Crippen LogP contribution in [0.15, 0.2) is 0 Å². The van der Waals surface area contributed by atoms with Gasteiger partial charge in [-0.05, 0) is 50.4 Å². The van der Waals surface area contributed by atoms with Crippen LogP contribution in [0.4, 0.5) is 0 Å². The van der Waals surface area contributed by atoms with E-state index in [2.05, 4.69) is 26.2 Å². The highest BCUT2D eigenvalue weighted by Gasteiger charge is 2.60. The summed E-state index contributed by atoms with van der Waals surface area (Å²) in [5.74, 6) is 0. The fourth-order valence-electron chi connectivity index (χ4n) is 6.06. The zero-order valence-electron chi connectivity index (χ0n) is 32.2. The minimum Gasteiger partial charge on any atom is -0.416 e. The molecule has 0 aliphatic carbocycles. The third kappa shape index (κ3) is 12.6. The second kappa shape index (κ2) is 20.0. The van der Waals surface area contributed by atoms with Crippen molar-refractivity contribution in [3.8, 4) is 0 Å². The lowest BCUT2D eigenvalue weighted by atomic mass is 10.9. The lowest BCUT2D eigenvalue weighted by Crippen LogP contribution is -2.68. The first-order valence-electron chi connectivity index (χ1n) is 15.8.